The van der Waals surface area contributed by atoms with Gasteiger partial charge in [-0.3, -0.25) is 4.79 Å². The minimum absolute atomic E-state index is 0.00102. The lowest BCUT2D eigenvalue weighted by Crippen LogP contribution is -2.37. The van der Waals surface area contributed by atoms with Crippen LogP contribution in [-0.4, -0.2) is 33.6 Å². The molecule has 2 rings (SSSR count). The van der Waals surface area contributed by atoms with Crippen LogP contribution in [0.1, 0.15) is 30.6 Å². The first-order valence-corrected chi connectivity index (χ1v) is 6.06. The molecular formula is C12H19N3O2. The second-order valence-corrected chi connectivity index (χ2v) is 4.78. The van der Waals surface area contributed by atoms with Crippen LogP contribution in [0.2, 0.25) is 0 Å². The number of carbonyl (C=O) groups excluding carboxylic acids is 1. The van der Waals surface area contributed by atoms with Gasteiger partial charge in [-0.05, 0) is 26.7 Å². The number of nitrogens with one attached hydrogen (secondary N) is 2. The van der Waals surface area contributed by atoms with Gasteiger partial charge in [-0.1, -0.05) is 0 Å². The van der Waals surface area contributed by atoms with Crippen molar-refractivity contribution >= 4 is 5.91 Å². The molecule has 1 aliphatic carbocycles. The lowest BCUT2D eigenvalue weighted by Gasteiger charge is -2.20. The Morgan fingerprint density at radius 1 is 1.71 bits per heavy atom. The summed E-state index contributed by atoms with van der Waals surface area (Å²) < 4.78 is 0. The molecule has 2 unspecified atom stereocenters. The predicted octanol–water partition coefficient (Wildman–Crippen LogP) is 0.320. The third-order valence-corrected chi connectivity index (χ3v) is 3.11. The minimum atomic E-state index is -0.493. The molecule has 1 heterocycles. The van der Waals surface area contributed by atoms with Crippen molar-refractivity contribution in [2.75, 3.05) is 6.54 Å². The molecule has 0 bridgehead atoms. The molecule has 0 spiro atoms. The van der Waals surface area contributed by atoms with E-state index in [0.717, 1.165) is 36.5 Å². The van der Waals surface area contributed by atoms with Crippen molar-refractivity contribution in [2.24, 2.45) is 5.92 Å². The molecular weight excluding hydrogens is 218 g/mol. The predicted molar refractivity (Wildman–Crippen MR) is 63.5 cm³/mol. The second kappa shape index (κ2) is 4.87. The number of nitrogens with zero attached hydrogens (tertiary/aromatic N) is 1. The molecule has 2 atom stereocenters. The number of aryl methyl sites for hydroxylation is 2. The first kappa shape index (κ1) is 12.1. The zero-order valence-electron chi connectivity index (χ0n) is 10.3. The third-order valence-electron chi connectivity index (χ3n) is 3.11. The van der Waals surface area contributed by atoms with Crippen molar-refractivity contribution in [2.45, 2.75) is 39.2 Å². The van der Waals surface area contributed by atoms with E-state index in [2.05, 4.69) is 15.3 Å². The van der Waals surface area contributed by atoms with Crippen molar-refractivity contribution in [3.8, 4) is 0 Å². The van der Waals surface area contributed by atoms with Crippen LogP contribution in [0.15, 0.2) is 0 Å². The number of hydrogen-bond acceptors (Lipinski definition) is 3. The highest BCUT2D eigenvalue weighted by atomic mass is 16.3. The van der Waals surface area contributed by atoms with Gasteiger partial charge >= 0.3 is 0 Å². The molecule has 0 saturated heterocycles. The molecule has 1 aromatic heterocycles. The van der Waals surface area contributed by atoms with Crippen LogP contribution < -0.4 is 5.32 Å². The summed E-state index contributed by atoms with van der Waals surface area (Å²) in [5, 5.41) is 11.9. The average Bonchev–Trinajstić information content (AvgIpc) is 2.64. The van der Waals surface area contributed by atoms with Crippen LogP contribution in [0.3, 0.4) is 0 Å². The Bertz CT molecular complexity index is 412. The Balaban J connectivity index is 1.95. The number of hydrogen-bond donors (Lipinski definition) is 3. The molecule has 0 fully saturated rings. The maximum Gasteiger partial charge on any atom is 0.223 e. The molecule has 5 nitrogen and oxygen atoms in total. The Morgan fingerprint density at radius 2 is 2.47 bits per heavy atom. The summed E-state index contributed by atoms with van der Waals surface area (Å²) >= 11 is 0. The minimum Gasteiger partial charge on any atom is -0.392 e. The number of H-pyrrole nitrogens is 1. The summed E-state index contributed by atoms with van der Waals surface area (Å²) in [6.45, 7) is 3.92. The summed E-state index contributed by atoms with van der Waals surface area (Å²) in [4.78, 5) is 19.5. The van der Waals surface area contributed by atoms with E-state index in [-0.39, 0.29) is 11.8 Å². The van der Waals surface area contributed by atoms with E-state index in [4.69, 9.17) is 5.11 Å². The van der Waals surface area contributed by atoms with Gasteiger partial charge in [0.15, 0.2) is 0 Å². The van der Waals surface area contributed by atoms with Gasteiger partial charge in [0.05, 0.1) is 11.8 Å². The van der Waals surface area contributed by atoms with Gasteiger partial charge in [-0.2, -0.15) is 0 Å². The maximum absolute atomic E-state index is 11.9. The van der Waals surface area contributed by atoms with Crippen LogP contribution in [0.4, 0.5) is 0 Å². The SMILES string of the molecule is Cc1nc2c([nH]1)CC(C(=O)NCC(C)O)CC2. The topological polar surface area (TPSA) is 78.0 Å². The fraction of sp³-hybridized carbons (Fsp3) is 0.667. The van der Waals surface area contributed by atoms with Crippen molar-refractivity contribution in [1.82, 2.24) is 15.3 Å². The number of amides is 1. The molecule has 3 N–H and O–H groups in total. The van der Waals surface area contributed by atoms with Crippen LogP contribution >= 0.6 is 0 Å². The zero-order valence-corrected chi connectivity index (χ0v) is 10.3. The molecule has 1 aromatic rings. The largest absolute Gasteiger partial charge is 0.392 e. The van der Waals surface area contributed by atoms with E-state index < -0.39 is 6.10 Å². The van der Waals surface area contributed by atoms with Gasteiger partial charge < -0.3 is 15.4 Å². The summed E-state index contributed by atoms with van der Waals surface area (Å²) in [5.41, 5.74) is 2.19. The van der Waals surface area contributed by atoms with Gasteiger partial charge in [0.2, 0.25) is 5.91 Å². The van der Waals surface area contributed by atoms with E-state index in [1.165, 1.54) is 0 Å². The summed E-state index contributed by atoms with van der Waals surface area (Å²) in [6.07, 6.45) is 1.92. The number of imidazole rings is 1. The van der Waals surface area contributed by atoms with E-state index in [1.54, 1.807) is 6.92 Å². The zero-order chi connectivity index (χ0) is 12.4. The standard InChI is InChI=1S/C12H19N3O2/c1-7(16)6-13-12(17)9-3-4-10-11(5-9)15-8(2)14-10/h7,9,16H,3-6H2,1-2H3,(H,13,17)(H,14,15). The van der Waals surface area contributed by atoms with Crippen molar-refractivity contribution in [3.63, 3.8) is 0 Å². The number of aromatic amines is 1. The number of aliphatic hydroxyl groups is 1. The molecule has 1 amide bonds. The maximum atomic E-state index is 11.9. The highest BCUT2D eigenvalue weighted by Gasteiger charge is 2.26. The Kier molecular flexibility index (Phi) is 3.47. The first-order valence-electron chi connectivity index (χ1n) is 6.06. The normalized spacial score (nSPS) is 20.8. The number of aliphatic hydroxyl groups excluding tert-OH is 1. The van der Waals surface area contributed by atoms with Crippen molar-refractivity contribution in [1.29, 1.82) is 0 Å². The smallest absolute Gasteiger partial charge is 0.223 e. The fourth-order valence-corrected chi connectivity index (χ4v) is 2.24. The second-order valence-electron chi connectivity index (χ2n) is 4.78. The first-order chi connectivity index (χ1) is 8.06. The summed E-state index contributed by atoms with van der Waals surface area (Å²) in [5.74, 6) is 0.949. The van der Waals surface area contributed by atoms with Crippen LogP contribution in [0, 0.1) is 12.8 Å². The van der Waals surface area contributed by atoms with Crippen molar-refractivity contribution < 1.29 is 9.90 Å². The molecule has 17 heavy (non-hydrogen) atoms. The van der Waals surface area contributed by atoms with Gasteiger partial charge in [0.1, 0.15) is 5.82 Å². The van der Waals surface area contributed by atoms with Gasteiger partial charge in [0.25, 0.3) is 0 Å². The quantitative estimate of drug-likeness (QED) is 0.708. The highest BCUT2D eigenvalue weighted by molar-refractivity contribution is 5.79. The highest BCUT2D eigenvalue weighted by Crippen LogP contribution is 2.23. The molecule has 94 valence electrons. The van der Waals surface area contributed by atoms with Crippen molar-refractivity contribution in [3.05, 3.63) is 17.2 Å². The number of carbonyl (C=O) groups is 1. The summed E-state index contributed by atoms with van der Waals surface area (Å²) in [6, 6.07) is 0. The Hall–Kier alpha value is -1.36. The molecule has 0 radical (unpaired) electrons. The van der Waals surface area contributed by atoms with E-state index in [1.807, 2.05) is 6.92 Å². The molecule has 1 aliphatic rings. The molecule has 0 aliphatic heterocycles. The Morgan fingerprint density at radius 3 is 3.18 bits per heavy atom. The lowest BCUT2D eigenvalue weighted by atomic mass is 9.89. The monoisotopic (exact) mass is 237 g/mol. The van der Waals surface area contributed by atoms with Gasteiger partial charge in [-0.15, -0.1) is 0 Å². The molecule has 0 aromatic carbocycles. The number of rotatable bonds is 3. The molecule has 0 saturated carbocycles. The number of fused-ring (bicyclic) bond motifs is 1. The third kappa shape index (κ3) is 2.85. The van der Waals surface area contributed by atoms with Crippen LogP contribution in [0.25, 0.3) is 0 Å². The van der Waals surface area contributed by atoms with Gasteiger partial charge in [0, 0.05) is 24.6 Å². The van der Waals surface area contributed by atoms with E-state index in [0.29, 0.717) is 6.54 Å². The van der Waals surface area contributed by atoms with E-state index in [9.17, 15) is 4.79 Å². The van der Waals surface area contributed by atoms with Gasteiger partial charge in [-0.25, -0.2) is 4.98 Å². The molecule has 5 heteroatoms. The number of aromatic nitrogens is 2. The average molecular weight is 237 g/mol. The summed E-state index contributed by atoms with van der Waals surface area (Å²) in [7, 11) is 0. The van der Waals surface area contributed by atoms with Crippen LogP contribution in [-0.2, 0) is 17.6 Å². The lowest BCUT2D eigenvalue weighted by molar-refractivity contribution is -0.125. The Labute approximate surface area is 101 Å². The fourth-order valence-electron chi connectivity index (χ4n) is 2.24. The van der Waals surface area contributed by atoms with Crippen LogP contribution in [0.5, 0.6) is 0 Å². The van der Waals surface area contributed by atoms with E-state index >= 15 is 0 Å².